The zero-order valence-corrected chi connectivity index (χ0v) is 12.0. The van der Waals surface area contributed by atoms with Crippen molar-refractivity contribution in [2.45, 2.75) is 6.54 Å². The van der Waals surface area contributed by atoms with E-state index in [1.54, 1.807) is 0 Å². The second kappa shape index (κ2) is 5.11. The molecule has 1 aromatic heterocycles. The van der Waals surface area contributed by atoms with Crippen molar-refractivity contribution in [3.8, 4) is 0 Å². The minimum atomic E-state index is 0.807. The van der Waals surface area contributed by atoms with Crippen LogP contribution in [-0.2, 0) is 13.6 Å². The fourth-order valence-corrected chi connectivity index (χ4v) is 3.69. The first-order chi connectivity index (χ1) is 8.75. The van der Waals surface area contributed by atoms with Crippen LogP contribution in [0.1, 0.15) is 5.69 Å². The van der Waals surface area contributed by atoms with E-state index in [2.05, 4.69) is 16.1 Å². The van der Waals surface area contributed by atoms with Crippen LogP contribution in [0.25, 0.3) is 10.9 Å². The lowest BCUT2D eigenvalue weighted by Gasteiger charge is -2.25. The number of thioether (sulfide) groups is 1. The molecule has 5 heteroatoms. The number of hydrogen-bond donors (Lipinski definition) is 0. The molecular weight excluding hydrogens is 266 g/mol. The highest BCUT2D eigenvalue weighted by molar-refractivity contribution is 7.99. The molecule has 1 saturated heterocycles. The summed E-state index contributed by atoms with van der Waals surface area (Å²) in [4.78, 5) is 2.46. The predicted molar refractivity (Wildman–Crippen MR) is 78.3 cm³/mol. The Morgan fingerprint density at radius 1 is 1.33 bits per heavy atom. The van der Waals surface area contributed by atoms with Gasteiger partial charge < -0.3 is 0 Å². The van der Waals surface area contributed by atoms with E-state index in [0.717, 1.165) is 41.3 Å². The molecule has 0 N–H and O–H groups in total. The summed E-state index contributed by atoms with van der Waals surface area (Å²) in [6.45, 7) is 3.20. The fourth-order valence-electron chi connectivity index (χ4n) is 2.43. The van der Waals surface area contributed by atoms with E-state index >= 15 is 0 Å². The summed E-state index contributed by atoms with van der Waals surface area (Å²) < 4.78 is 1.93. The van der Waals surface area contributed by atoms with Crippen molar-refractivity contribution in [3.63, 3.8) is 0 Å². The molecule has 0 spiro atoms. The Hall–Kier alpha value is -0.710. The molecule has 2 aromatic rings. The van der Waals surface area contributed by atoms with Crippen molar-refractivity contribution in [1.29, 1.82) is 0 Å². The number of rotatable bonds is 2. The zero-order valence-electron chi connectivity index (χ0n) is 10.4. The Bertz CT molecular complexity index is 561. The van der Waals surface area contributed by atoms with Crippen molar-refractivity contribution in [3.05, 3.63) is 28.9 Å². The van der Waals surface area contributed by atoms with Gasteiger partial charge in [-0.1, -0.05) is 17.7 Å². The van der Waals surface area contributed by atoms with Gasteiger partial charge in [-0.3, -0.25) is 9.58 Å². The zero-order chi connectivity index (χ0) is 12.5. The smallest absolute Gasteiger partial charge is 0.0858 e. The molecule has 0 saturated carbocycles. The van der Waals surface area contributed by atoms with E-state index in [1.165, 1.54) is 11.5 Å². The lowest BCUT2D eigenvalue weighted by atomic mass is 10.2. The summed E-state index contributed by atoms with van der Waals surface area (Å²) in [5, 5.41) is 6.55. The molecule has 2 heterocycles. The van der Waals surface area contributed by atoms with E-state index in [-0.39, 0.29) is 0 Å². The normalized spacial score (nSPS) is 17.4. The Balaban J connectivity index is 1.96. The van der Waals surface area contributed by atoms with Gasteiger partial charge in [0.25, 0.3) is 0 Å². The summed E-state index contributed by atoms with van der Waals surface area (Å²) in [6, 6.07) is 6.00. The maximum atomic E-state index is 6.32. The van der Waals surface area contributed by atoms with Crippen LogP contribution < -0.4 is 0 Å². The third kappa shape index (κ3) is 2.25. The molecule has 1 aliphatic heterocycles. The minimum Gasteiger partial charge on any atom is -0.296 e. The van der Waals surface area contributed by atoms with E-state index in [1.807, 2.05) is 35.6 Å². The second-order valence-electron chi connectivity index (χ2n) is 4.59. The van der Waals surface area contributed by atoms with Crippen LogP contribution in [-0.4, -0.2) is 39.3 Å². The average Bonchev–Trinajstić information content (AvgIpc) is 2.69. The molecule has 0 amide bonds. The molecule has 1 fully saturated rings. The Morgan fingerprint density at radius 2 is 2.11 bits per heavy atom. The molecule has 3 nitrogen and oxygen atoms in total. The first kappa shape index (κ1) is 12.3. The molecule has 1 aliphatic rings. The van der Waals surface area contributed by atoms with Gasteiger partial charge in [0, 0.05) is 43.6 Å². The number of nitrogens with zero attached hydrogens (tertiary/aromatic N) is 3. The largest absolute Gasteiger partial charge is 0.296 e. The highest BCUT2D eigenvalue weighted by Crippen LogP contribution is 2.27. The number of halogens is 1. The van der Waals surface area contributed by atoms with E-state index < -0.39 is 0 Å². The molecule has 0 radical (unpaired) electrons. The molecular formula is C13H16ClN3S. The number of aromatic nitrogens is 2. The van der Waals surface area contributed by atoms with Gasteiger partial charge in [0.05, 0.1) is 16.2 Å². The molecule has 3 rings (SSSR count). The van der Waals surface area contributed by atoms with Gasteiger partial charge >= 0.3 is 0 Å². The van der Waals surface area contributed by atoms with Crippen molar-refractivity contribution in [2.75, 3.05) is 24.6 Å². The quantitative estimate of drug-likeness (QED) is 0.845. The summed E-state index contributed by atoms with van der Waals surface area (Å²) in [6.07, 6.45) is 0. The SMILES string of the molecule is Cn1nc(CN2CCSCC2)c2c(Cl)cccc21. The summed E-state index contributed by atoms with van der Waals surface area (Å²) in [5.74, 6) is 2.44. The fraction of sp³-hybridized carbons (Fsp3) is 0.462. The molecule has 96 valence electrons. The summed E-state index contributed by atoms with van der Waals surface area (Å²) in [7, 11) is 1.98. The summed E-state index contributed by atoms with van der Waals surface area (Å²) in [5.41, 5.74) is 2.22. The highest BCUT2D eigenvalue weighted by atomic mass is 35.5. The van der Waals surface area contributed by atoms with Crippen LogP contribution in [0.4, 0.5) is 0 Å². The Kier molecular flexibility index (Phi) is 3.50. The summed E-state index contributed by atoms with van der Waals surface area (Å²) >= 11 is 8.35. The van der Waals surface area contributed by atoms with Gasteiger partial charge in [-0.15, -0.1) is 0 Å². The van der Waals surface area contributed by atoms with Gasteiger partial charge in [-0.2, -0.15) is 16.9 Å². The van der Waals surface area contributed by atoms with Crippen LogP contribution >= 0.6 is 23.4 Å². The van der Waals surface area contributed by atoms with E-state index in [0.29, 0.717) is 0 Å². The molecule has 18 heavy (non-hydrogen) atoms. The number of hydrogen-bond acceptors (Lipinski definition) is 3. The topological polar surface area (TPSA) is 21.1 Å². The monoisotopic (exact) mass is 281 g/mol. The third-order valence-electron chi connectivity index (χ3n) is 3.38. The minimum absolute atomic E-state index is 0.807. The number of fused-ring (bicyclic) bond motifs is 1. The lowest BCUT2D eigenvalue weighted by Crippen LogP contribution is -2.32. The van der Waals surface area contributed by atoms with Crippen molar-refractivity contribution in [2.24, 2.45) is 7.05 Å². The van der Waals surface area contributed by atoms with E-state index in [9.17, 15) is 0 Å². The van der Waals surface area contributed by atoms with Crippen LogP contribution in [0, 0.1) is 0 Å². The molecule has 0 bridgehead atoms. The predicted octanol–water partition coefficient (Wildman–Crippen LogP) is 2.78. The van der Waals surface area contributed by atoms with Gasteiger partial charge in [-0.25, -0.2) is 0 Å². The van der Waals surface area contributed by atoms with Crippen LogP contribution in [0.3, 0.4) is 0 Å². The van der Waals surface area contributed by atoms with Crippen LogP contribution in [0.5, 0.6) is 0 Å². The number of benzene rings is 1. The molecule has 0 aliphatic carbocycles. The highest BCUT2D eigenvalue weighted by Gasteiger charge is 2.16. The maximum absolute atomic E-state index is 6.32. The average molecular weight is 282 g/mol. The molecule has 0 atom stereocenters. The Morgan fingerprint density at radius 3 is 2.89 bits per heavy atom. The first-order valence-electron chi connectivity index (χ1n) is 6.16. The van der Waals surface area contributed by atoms with Gasteiger partial charge in [0.1, 0.15) is 0 Å². The lowest BCUT2D eigenvalue weighted by molar-refractivity contribution is 0.291. The van der Waals surface area contributed by atoms with Crippen molar-refractivity contribution >= 4 is 34.3 Å². The number of aryl methyl sites for hydroxylation is 1. The molecule has 1 aromatic carbocycles. The maximum Gasteiger partial charge on any atom is 0.0858 e. The van der Waals surface area contributed by atoms with Crippen molar-refractivity contribution in [1.82, 2.24) is 14.7 Å². The standard InChI is InChI=1S/C13H16ClN3S/c1-16-12-4-2-3-10(14)13(12)11(15-16)9-17-5-7-18-8-6-17/h2-4H,5-9H2,1H3. The molecule has 0 unspecified atom stereocenters. The first-order valence-corrected chi connectivity index (χ1v) is 7.69. The van der Waals surface area contributed by atoms with Crippen LogP contribution in [0.2, 0.25) is 5.02 Å². The van der Waals surface area contributed by atoms with Gasteiger partial charge in [0.2, 0.25) is 0 Å². The van der Waals surface area contributed by atoms with E-state index in [4.69, 9.17) is 11.6 Å². The second-order valence-corrected chi connectivity index (χ2v) is 6.22. The van der Waals surface area contributed by atoms with Crippen LogP contribution in [0.15, 0.2) is 18.2 Å². The third-order valence-corrected chi connectivity index (χ3v) is 4.63. The van der Waals surface area contributed by atoms with Gasteiger partial charge in [-0.05, 0) is 12.1 Å². The van der Waals surface area contributed by atoms with Crippen molar-refractivity contribution < 1.29 is 0 Å². The van der Waals surface area contributed by atoms with Gasteiger partial charge in [0.15, 0.2) is 0 Å². The Labute approximate surface area is 116 Å².